The number of pyridine rings is 2. The summed E-state index contributed by atoms with van der Waals surface area (Å²) in [6.07, 6.45) is 87.7. The van der Waals surface area contributed by atoms with Crippen molar-refractivity contribution in [2.45, 2.75) is 504 Å². The standard InChI is InChI=1S/C106H176N2O4S2Se2/c1-9-15-21-27-33-39-43-49-55-61-71-89(69-59-53-47-37-31-25-19-13-5)73-63-65-79-107-96-85-92(106(110)108(95(96)84-91(105(107)109)98-76-75-88(8)115-98)80-66-64-74-90(70-60-54-48-38-32-26-20-14-6)72-62-56-50-44-40-34-28-22-16-10-2)99-77-78-100(116-99)97-86-94-102(112-82-68-58-52-46-42-36-30-24-18-12-4)103-93(83-87(7)113-103)101(104(94)114-97)111-81-67-57-51-45-41-35-29-23-17-11-3/h75-78,83-86,89-90,101-102H,9-74,79-82H2,1-8H3. The minimum absolute atomic E-state index is 0.0773. The van der Waals surface area contributed by atoms with Crippen molar-refractivity contribution in [3.8, 4) is 29.3 Å². The normalized spacial score (nSPS) is 14.1. The monoisotopic (exact) mass is 1770 g/mol. The first-order valence-corrected chi connectivity index (χ1v) is 55.7. The molecule has 0 bridgehead atoms. The number of nitrogens with zero attached hydrogens (tertiary/aromatic N) is 2. The number of rotatable bonds is 77. The van der Waals surface area contributed by atoms with Crippen LogP contribution in [0.5, 0.6) is 0 Å². The van der Waals surface area contributed by atoms with Crippen LogP contribution in [0.25, 0.3) is 40.3 Å². The Balaban J connectivity index is 1.20. The molecule has 4 unspecified atom stereocenters. The fourth-order valence-corrected chi connectivity index (χ4v) is 25.4. The molecule has 6 heterocycles. The summed E-state index contributed by atoms with van der Waals surface area (Å²) in [6.45, 7) is 21.3. The molecule has 1 aliphatic carbocycles. The molecule has 0 fully saturated rings. The molecule has 6 aromatic rings. The second kappa shape index (κ2) is 64.3. The Kier molecular flexibility index (Phi) is 55.7. The molecule has 1 aliphatic rings. The van der Waals surface area contributed by atoms with E-state index in [2.05, 4.69) is 113 Å². The third-order valence-corrected chi connectivity index (χ3v) is 33.4. The van der Waals surface area contributed by atoms with E-state index >= 15 is 9.59 Å². The van der Waals surface area contributed by atoms with Gasteiger partial charge in [-0.25, -0.2) is 0 Å². The van der Waals surface area contributed by atoms with Gasteiger partial charge < -0.3 is 0 Å². The first-order valence-electron chi connectivity index (χ1n) is 50.6. The Hall–Kier alpha value is -2.52. The van der Waals surface area contributed by atoms with Crippen LogP contribution in [0, 0.1) is 25.7 Å². The molecule has 0 N–H and O–H groups in total. The van der Waals surface area contributed by atoms with Crippen molar-refractivity contribution in [1.82, 2.24) is 9.13 Å². The molecule has 658 valence electrons. The van der Waals surface area contributed by atoms with Crippen molar-refractivity contribution in [3.63, 3.8) is 0 Å². The van der Waals surface area contributed by atoms with Gasteiger partial charge in [-0.1, -0.05) is 286 Å². The van der Waals surface area contributed by atoms with Gasteiger partial charge in [-0.05, 0) is 0 Å². The van der Waals surface area contributed by atoms with E-state index in [1.165, 1.54) is 425 Å². The molecule has 6 aromatic heterocycles. The SMILES string of the molecule is CCCCCCCCCCCCOC1c2cc(-c3ccc(-c4cc5c(cc(-c6ccc(C)[se]6)c(=O)n5CCCCC(CCCCCCCCCC)CCCCCCCCCCCC)n(CCCCC(CCCCCCCCCC)CCCCCCCCCCCC)c4=O)[se]3)sc2C(OCCCCCCCCCCCC)c2cc(C)sc21. The fraction of sp³-hybridized carbons (Fsp3) is 0.774. The summed E-state index contributed by atoms with van der Waals surface area (Å²) in [4.78, 5) is 37.2. The van der Waals surface area contributed by atoms with Crippen molar-refractivity contribution >= 4 is 62.7 Å². The zero-order valence-electron chi connectivity index (χ0n) is 76.6. The number of aromatic nitrogens is 2. The third-order valence-electron chi connectivity index (χ3n) is 26.1. The number of aryl methyl sites for hydroxylation is 4. The number of fused-ring (bicyclic) bond motifs is 3. The van der Waals surface area contributed by atoms with Crippen LogP contribution in [0.1, 0.15) is 508 Å². The molecule has 0 saturated carbocycles. The molecule has 0 amide bonds. The Bertz CT molecular complexity index is 3460. The van der Waals surface area contributed by atoms with Crippen LogP contribution in [0.2, 0.25) is 0 Å². The van der Waals surface area contributed by atoms with Gasteiger partial charge in [0, 0.05) is 0 Å². The van der Waals surface area contributed by atoms with Crippen LogP contribution in [0.3, 0.4) is 0 Å². The molecule has 116 heavy (non-hydrogen) atoms. The van der Waals surface area contributed by atoms with E-state index in [0.29, 0.717) is 13.1 Å². The summed E-state index contributed by atoms with van der Waals surface area (Å²) in [5, 5.41) is 0. The van der Waals surface area contributed by atoms with Gasteiger partial charge in [0.1, 0.15) is 0 Å². The molecule has 4 atom stereocenters. The van der Waals surface area contributed by atoms with E-state index in [4.69, 9.17) is 9.47 Å². The zero-order chi connectivity index (χ0) is 82.1. The topological polar surface area (TPSA) is 62.5 Å². The average molecular weight is 1760 g/mol. The van der Waals surface area contributed by atoms with E-state index < -0.39 is 0 Å². The zero-order valence-corrected chi connectivity index (χ0v) is 81.6. The van der Waals surface area contributed by atoms with Crippen LogP contribution in [-0.2, 0) is 22.6 Å². The van der Waals surface area contributed by atoms with Crippen molar-refractivity contribution < 1.29 is 9.47 Å². The first-order chi connectivity index (χ1) is 57.1. The van der Waals surface area contributed by atoms with Crippen molar-refractivity contribution in [2.24, 2.45) is 11.8 Å². The summed E-state index contributed by atoms with van der Waals surface area (Å²) >= 11 is 3.79. The molecule has 10 heteroatoms. The number of hydrogen-bond donors (Lipinski definition) is 0. The molecular formula is C106H176N2O4S2Se2. The van der Waals surface area contributed by atoms with Crippen LogP contribution >= 0.6 is 22.7 Å². The molecule has 7 rings (SSSR count). The van der Waals surface area contributed by atoms with Crippen molar-refractivity contribution in [3.05, 3.63) is 99.4 Å². The fourth-order valence-electron chi connectivity index (χ4n) is 18.8. The third kappa shape index (κ3) is 38.7. The summed E-state index contributed by atoms with van der Waals surface area (Å²) in [6, 6.07) is 18.5. The molecule has 0 radical (unpaired) electrons. The number of hydrogen-bond acceptors (Lipinski definition) is 6. The van der Waals surface area contributed by atoms with E-state index in [1.54, 1.807) is 0 Å². The molecular weight excluding hydrogens is 1590 g/mol. The Labute approximate surface area is 733 Å². The Morgan fingerprint density at radius 3 is 0.914 bits per heavy atom. The average Bonchev–Trinajstić information content (AvgIpc) is 1.42. The minimum atomic E-state index is -0.140. The second-order valence-corrected chi connectivity index (χ2v) is 43.9. The number of ether oxygens (including phenoxy) is 2. The Morgan fingerprint density at radius 2 is 0.586 bits per heavy atom. The van der Waals surface area contributed by atoms with Crippen LogP contribution in [0.4, 0.5) is 0 Å². The van der Waals surface area contributed by atoms with Gasteiger partial charge in [-0.15, -0.1) is 0 Å². The molecule has 6 nitrogen and oxygen atoms in total. The first kappa shape index (κ1) is 101. The maximum atomic E-state index is 16.2. The van der Waals surface area contributed by atoms with E-state index in [1.807, 2.05) is 22.7 Å². The van der Waals surface area contributed by atoms with Gasteiger partial charge in [-0.2, -0.15) is 0 Å². The van der Waals surface area contributed by atoms with E-state index in [-0.39, 0.29) is 52.3 Å². The van der Waals surface area contributed by atoms with E-state index in [9.17, 15) is 0 Å². The van der Waals surface area contributed by atoms with Gasteiger partial charge in [0.05, 0.1) is 0 Å². The van der Waals surface area contributed by atoms with Gasteiger partial charge in [0.25, 0.3) is 0 Å². The summed E-state index contributed by atoms with van der Waals surface area (Å²) < 4.78 is 23.8. The molecule has 0 aliphatic heterocycles. The molecule has 0 aromatic carbocycles. The van der Waals surface area contributed by atoms with Crippen LogP contribution in [0.15, 0.2) is 58.1 Å². The van der Waals surface area contributed by atoms with Gasteiger partial charge in [-0.3, -0.25) is 0 Å². The predicted molar refractivity (Wildman–Crippen MR) is 516 cm³/mol. The van der Waals surface area contributed by atoms with Crippen LogP contribution < -0.4 is 11.1 Å². The maximum absolute atomic E-state index is 16.2. The Morgan fingerprint density at radius 1 is 0.310 bits per heavy atom. The summed E-state index contributed by atoms with van der Waals surface area (Å²) in [5.74, 6) is 1.50. The number of thiophene rings is 2. The molecule has 0 saturated heterocycles. The molecule has 0 spiro atoms. The number of unbranched alkanes of at least 4 members (excludes halogenated alkanes) is 52. The van der Waals surface area contributed by atoms with E-state index in [0.717, 1.165) is 94.6 Å². The quantitative estimate of drug-likeness (QED) is 0.0282. The second-order valence-electron chi connectivity index (χ2n) is 36.5. The van der Waals surface area contributed by atoms with Gasteiger partial charge in [0.15, 0.2) is 0 Å². The van der Waals surface area contributed by atoms with Gasteiger partial charge >= 0.3 is 454 Å². The van der Waals surface area contributed by atoms with Crippen molar-refractivity contribution in [2.75, 3.05) is 13.2 Å². The summed E-state index contributed by atoms with van der Waals surface area (Å²) in [5.41, 5.74) is 6.41. The van der Waals surface area contributed by atoms with Gasteiger partial charge in [0.2, 0.25) is 0 Å². The van der Waals surface area contributed by atoms with Crippen LogP contribution in [-0.4, -0.2) is 51.4 Å². The summed E-state index contributed by atoms with van der Waals surface area (Å²) in [7, 11) is 0. The predicted octanol–water partition coefficient (Wildman–Crippen LogP) is 34.6. The van der Waals surface area contributed by atoms with Crippen molar-refractivity contribution in [1.29, 1.82) is 0 Å².